The average molecular weight is 449 g/mol. The molecule has 33 heavy (non-hydrogen) atoms. The van der Waals surface area contributed by atoms with Crippen LogP contribution in [-0.4, -0.2) is 31.4 Å². The van der Waals surface area contributed by atoms with Gasteiger partial charge in [0.2, 0.25) is 5.88 Å². The molecule has 0 saturated heterocycles. The van der Waals surface area contributed by atoms with Gasteiger partial charge in [0.15, 0.2) is 17.3 Å². The Morgan fingerprint density at radius 1 is 1.18 bits per heavy atom. The Bertz CT molecular complexity index is 1330. The van der Waals surface area contributed by atoms with Gasteiger partial charge in [-0.1, -0.05) is 31.9 Å². The molecule has 0 aliphatic carbocycles. The fourth-order valence-electron chi connectivity index (χ4n) is 3.39. The van der Waals surface area contributed by atoms with Crippen LogP contribution in [0.4, 0.5) is 10.2 Å². The van der Waals surface area contributed by atoms with Gasteiger partial charge in [-0.05, 0) is 40.9 Å². The summed E-state index contributed by atoms with van der Waals surface area (Å²) < 4.78 is 26.2. The van der Waals surface area contributed by atoms with Gasteiger partial charge in [0.1, 0.15) is 23.1 Å². The molecular weight excluding hydrogens is 425 g/mol. The van der Waals surface area contributed by atoms with E-state index in [1.54, 1.807) is 18.2 Å². The third kappa shape index (κ3) is 4.49. The smallest absolute Gasteiger partial charge is 0.217 e. The number of hydrogen-bond acceptors (Lipinski definition) is 8. The van der Waals surface area contributed by atoms with E-state index in [4.69, 9.17) is 25.8 Å². The minimum Gasteiger partial charge on any atom is -0.468 e. The molecule has 1 atom stereocenters. The second kappa shape index (κ2) is 9.26. The molecule has 4 rings (SSSR count). The molecule has 0 aliphatic rings. The Kier molecular flexibility index (Phi) is 6.24. The van der Waals surface area contributed by atoms with Gasteiger partial charge in [0, 0.05) is 25.1 Å². The minimum atomic E-state index is -0.519. The number of nitrogens with two attached hydrogens (primary N) is 2. The third-order valence-electron chi connectivity index (χ3n) is 4.95. The average Bonchev–Trinajstić information content (AvgIpc) is 3.39. The van der Waals surface area contributed by atoms with Gasteiger partial charge in [-0.2, -0.15) is 0 Å². The Morgan fingerprint density at radius 3 is 2.55 bits per heavy atom. The van der Waals surface area contributed by atoms with E-state index in [-0.39, 0.29) is 24.1 Å². The van der Waals surface area contributed by atoms with E-state index in [0.29, 0.717) is 35.2 Å². The van der Waals surface area contributed by atoms with Crippen molar-refractivity contribution in [1.29, 1.82) is 0 Å². The second-order valence-electron chi connectivity index (χ2n) is 7.67. The van der Waals surface area contributed by atoms with Crippen molar-refractivity contribution in [2.24, 2.45) is 11.7 Å². The zero-order chi connectivity index (χ0) is 23.5. The highest BCUT2D eigenvalue weighted by Crippen LogP contribution is 2.31. The summed E-state index contributed by atoms with van der Waals surface area (Å²) in [5, 5.41) is 7.55. The summed E-state index contributed by atoms with van der Waals surface area (Å²) in [7, 11) is 0. The molecule has 0 fully saturated rings. The molecule has 0 saturated carbocycles. The SMILES string of the molecule is CCn1c(-c2nonc2N)nc2c(C#CC(C)C)nc(OC(CN)c3ccc(F)cc3)cc21. The van der Waals surface area contributed by atoms with E-state index < -0.39 is 6.10 Å². The monoisotopic (exact) mass is 449 g/mol. The highest BCUT2D eigenvalue weighted by atomic mass is 19.1. The highest BCUT2D eigenvalue weighted by Gasteiger charge is 2.22. The van der Waals surface area contributed by atoms with Crippen LogP contribution < -0.4 is 16.2 Å². The van der Waals surface area contributed by atoms with E-state index in [1.807, 2.05) is 25.3 Å². The lowest BCUT2D eigenvalue weighted by molar-refractivity contribution is 0.205. The molecule has 0 bridgehead atoms. The van der Waals surface area contributed by atoms with Gasteiger partial charge >= 0.3 is 0 Å². The maximum absolute atomic E-state index is 13.4. The van der Waals surface area contributed by atoms with Gasteiger partial charge in [-0.25, -0.2) is 19.0 Å². The quantitative estimate of drug-likeness (QED) is 0.429. The number of nitrogens with zero attached hydrogens (tertiary/aromatic N) is 5. The van der Waals surface area contributed by atoms with Crippen LogP contribution in [0.1, 0.15) is 38.1 Å². The zero-order valence-electron chi connectivity index (χ0n) is 18.5. The van der Waals surface area contributed by atoms with E-state index in [1.165, 1.54) is 12.1 Å². The van der Waals surface area contributed by atoms with Gasteiger partial charge < -0.3 is 20.8 Å². The largest absolute Gasteiger partial charge is 0.468 e. The lowest BCUT2D eigenvalue weighted by Crippen LogP contribution is -2.19. The fourth-order valence-corrected chi connectivity index (χ4v) is 3.39. The Morgan fingerprint density at radius 2 is 1.94 bits per heavy atom. The zero-order valence-corrected chi connectivity index (χ0v) is 18.5. The number of fused-ring (bicyclic) bond motifs is 1. The third-order valence-corrected chi connectivity index (χ3v) is 4.95. The summed E-state index contributed by atoms with van der Waals surface area (Å²) >= 11 is 0. The molecule has 0 spiro atoms. The van der Waals surface area contributed by atoms with Crippen molar-refractivity contribution < 1.29 is 13.8 Å². The number of ether oxygens (including phenoxy) is 1. The Balaban J connectivity index is 1.86. The van der Waals surface area contributed by atoms with Crippen LogP contribution in [0.2, 0.25) is 0 Å². The van der Waals surface area contributed by atoms with Crippen LogP contribution in [0.3, 0.4) is 0 Å². The van der Waals surface area contributed by atoms with Crippen molar-refractivity contribution in [1.82, 2.24) is 24.8 Å². The van der Waals surface area contributed by atoms with E-state index >= 15 is 0 Å². The van der Waals surface area contributed by atoms with Gasteiger partial charge in [-0.15, -0.1) is 0 Å². The maximum Gasteiger partial charge on any atom is 0.217 e. The first-order valence-electron chi connectivity index (χ1n) is 10.5. The lowest BCUT2D eigenvalue weighted by Gasteiger charge is -2.17. The van der Waals surface area contributed by atoms with Crippen molar-refractivity contribution in [2.45, 2.75) is 33.4 Å². The molecule has 10 heteroatoms. The van der Waals surface area contributed by atoms with E-state index in [0.717, 1.165) is 11.1 Å². The first-order valence-corrected chi connectivity index (χ1v) is 10.5. The predicted octanol–water partition coefficient (Wildman–Crippen LogP) is 3.31. The summed E-state index contributed by atoms with van der Waals surface area (Å²) in [5.74, 6) is 6.98. The lowest BCUT2D eigenvalue weighted by atomic mass is 10.1. The fraction of sp³-hybridized carbons (Fsp3) is 0.304. The van der Waals surface area contributed by atoms with Crippen molar-refractivity contribution in [2.75, 3.05) is 12.3 Å². The summed E-state index contributed by atoms with van der Waals surface area (Å²) in [6, 6.07) is 7.78. The van der Waals surface area contributed by atoms with Crippen LogP contribution in [0.5, 0.6) is 5.88 Å². The number of aryl methyl sites for hydroxylation is 1. The normalized spacial score (nSPS) is 12.1. The number of hydrogen-bond donors (Lipinski definition) is 2. The summed E-state index contributed by atoms with van der Waals surface area (Å²) in [4.78, 5) is 9.31. The molecule has 1 unspecified atom stereocenters. The molecule has 4 aromatic rings. The molecule has 170 valence electrons. The van der Waals surface area contributed by atoms with Crippen LogP contribution in [0.25, 0.3) is 22.6 Å². The first-order chi connectivity index (χ1) is 15.9. The molecule has 3 aromatic heterocycles. The predicted molar refractivity (Wildman–Crippen MR) is 121 cm³/mol. The van der Waals surface area contributed by atoms with Crippen molar-refractivity contribution in [3.8, 4) is 29.2 Å². The standard InChI is InChI=1S/C23H24FN7O2/c1-4-31-17-11-19(32-18(12-25)14-6-8-15(24)9-7-14)27-16(10-5-13(2)3)20(17)28-23(31)21-22(26)30-33-29-21/h6-9,11,13,18H,4,12,25H2,1-3H3,(H2,26,30). The molecule has 3 heterocycles. The highest BCUT2D eigenvalue weighted by molar-refractivity contribution is 5.86. The van der Waals surface area contributed by atoms with Crippen molar-refractivity contribution in [3.63, 3.8) is 0 Å². The van der Waals surface area contributed by atoms with Gasteiger partial charge in [0.25, 0.3) is 0 Å². The number of rotatable bonds is 6. The molecular formula is C23H24FN7O2. The number of imidazole rings is 1. The Hall–Kier alpha value is -3.97. The van der Waals surface area contributed by atoms with E-state index in [2.05, 4.69) is 27.1 Å². The number of aromatic nitrogens is 5. The summed E-state index contributed by atoms with van der Waals surface area (Å²) in [6.07, 6.45) is -0.519. The number of benzene rings is 1. The second-order valence-corrected chi connectivity index (χ2v) is 7.67. The van der Waals surface area contributed by atoms with E-state index in [9.17, 15) is 4.39 Å². The van der Waals surface area contributed by atoms with Crippen molar-refractivity contribution >= 4 is 16.9 Å². The van der Waals surface area contributed by atoms with Crippen LogP contribution in [0, 0.1) is 23.6 Å². The summed E-state index contributed by atoms with van der Waals surface area (Å²) in [5.41, 5.74) is 14.7. The van der Waals surface area contributed by atoms with Crippen LogP contribution in [0.15, 0.2) is 35.0 Å². The van der Waals surface area contributed by atoms with Gasteiger partial charge in [0.05, 0.1) is 5.52 Å². The number of nitrogen functional groups attached to an aromatic ring is 1. The number of anilines is 1. The summed E-state index contributed by atoms with van der Waals surface area (Å²) in [6.45, 7) is 6.69. The topological polar surface area (TPSA) is 131 Å². The number of pyridine rings is 1. The molecule has 0 amide bonds. The molecule has 4 N–H and O–H groups in total. The van der Waals surface area contributed by atoms with Crippen molar-refractivity contribution in [3.05, 3.63) is 47.4 Å². The Labute approximate surface area is 189 Å². The molecule has 0 radical (unpaired) electrons. The molecule has 9 nitrogen and oxygen atoms in total. The maximum atomic E-state index is 13.4. The minimum absolute atomic E-state index is 0.130. The van der Waals surface area contributed by atoms with Crippen LogP contribution >= 0.6 is 0 Å². The van der Waals surface area contributed by atoms with Gasteiger partial charge in [-0.3, -0.25) is 0 Å². The number of halogens is 1. The molecule has 0 aliphatic heterocycles. The van der Waals surface area contributed by atoms with Crippen LogP contribution in [-0.2, 0) is 6.54 Å². The first kappa shape index (κ1) is 22.2. The molecule has 1 aromatic carbocycles.